The number of nitrogens with one attached hydrogen (secondary N) is 1. The first kappa shape index (κ1) is 23.2. The standard InChI is InChI=1S/C23H30N2O5S/c1-18-16-21(31(27,28)25-12-14-29-15-13-25)10-11-22(18)30-17-23(26)24-19(2)8-9-20-6-4-3-5-7-20/h3-7,10-11,16,19H,8-9,12-15,17H2,1-2H3,(H,24,26)/t19-/m1/s1. The molecule has 0 aromatic heterocycles. The van der Waals surface area contributed by atoms with Crippen LogP contribution in [-0.2, 0) is 26.0 Å². The molecule has 0 bridgehead atoms. The molecule has 1 amide bonds. The molecule has 1 atom stereocenters. The average Bonchev–Trinajstić information content (AvgIpc) is 2.78. The maximum atomic E-state index is 12.8. The molecule has 0 unspecified atom stereocenters. The molecule has 1 N–H and O–H groups in total. The van der Waals surface area contributed by atoms with Gasteiger partial charge in [0.15, 0.2) is 6.61 Å². The lowest BCUT2D eigenvalue weighted by Crippen LogP contribution is -2.40. The van der Waals surface area contributed by atoms with Crippen LogP contribution in [0.25, 0.3) is 0 Å². The van der Waals surface area contributed by atoms with Crippen molar-refractivity contribution in [2.24, 2.45) is 0 Å². The first-order valence-electron chi connectivity index (χ1n) is 10.5. The smallest absolute Gasteiger partial charge is 0.258 e. The maximum Gasteiger partial charge on any atom is 0.258 e. The summed E-state index contributed by atoms with van der Waals surface area (Å²) in [6, 6.07) is 14.9. The van der Waals surface area contributed by atoms with Gasteiger partial charge in [-0.2, -0.15) is 4.31 Å². The second-order valence-electron chi connectivity index (χ2n) is 7.73. The molecule has 0 spiro atoms. The van der Waals surface area contributed by atoms with E-state index < -0.39 is 10.0 Å². The van der Waals surface area contributed by atoms with Gasteiger partial charge in [-0.25, -0.2) is 8.42 Å². The second-order valence-corrected chi connectivity index (χ2v) is 9.66. The van der Waals surface area contributed by atoms with Crippen molar-refractivity contribution in [1.29, 1.82) is 0 Å². The zero-order chi connectivity index (χ0) is 22.3. The van der Waals surface area contributed by atoms with E-state index in [2.05, 4.69) is 17.4 Å². The Morgan fingerprint density at radius 2 is 1.87 bits per heavy atom. The molecule has 1 heterocycles. The monoisotopic (exact) mass is 446 g/mol. The maximum absolute atomic E-state index is 12.8. The van der Waals surface area contributed by atoms with E-state index in [0.29, 0.717) is 37.6 Å². The summed E-state index contributed by atoms with van der Waals surface area (Å²) in [5.41, 5.74) is 1.90. The quantitative estimate of drug-likeness (QED) is 0.640. The van der Waals surface area contributed by atoms with Crippen molar-refractivity contribution in [3.63, 3.8) is 0 Å². The third-order valence-electron chi connectivity index (χ3n) is 5.23. The van der Waals surface area contributed by atoms with Gasteiger partial charge in [0.05, 0.1) is 18.1 Å². The van der Waals surface area contributed by atoms with E-state index >= 15 is 0 Å². The number of carbonyl (C=O) groups excluding carboxylic acids is 1. The Morgan fingerprint density at radius 1 is 1.16 bits per heavy atom. The normalized spacial score (nSPS) is 15.9. The number of hydrogen-bond donors (Lipinski definition) is 1. The summed E-state index contributed by atoms with van der Waals surface area (Å²) in [4.78, 5) is 12.5. The SMILES string of the molecule is Cc1cc(S(=O)(=O)N2CCOCC2)ccc1OCC(=O)N[C@H](C)CCc1ccccc1. The number of carbonyl (C=O) groups is 1. The highest BCUT2D eigenvalue weighted by molar-refractivity contribution is 7.89. The Kier molecular flexibility index (Phi) is 8.06. The van der Waals surface area contributed by atoms with Gasteiger partial charge in [0.2, 0.25) is 10.0 Å². The van der Waals surface area contributed by atoms with E-state index in [-0.39, 0.29) is 23.5 Å². The molecule has 1 aliphatic heterocycles. The van der Waals surface area contributed by atoms with Crippen LogP contribution >= 0.6 is 0 Å². The molecule has 3 rings (SSSR count). The van der Waals surface area contributed by atoms with E-state index in [9.17, 15) is 13.2 Å². The Morgan fingerprint density at radius 3 is 2.55 bits per heavy atom. The molecule has 1 aliphatic rings. The first-order valence-corrected chi connectivity index (χ1v) is 11.9. The van der Waals surface area contributed by atoms with E-state index in [1.54, 1.807) is 19.1 Å². The number of ether oxygens (including phenoxy) is 2. The fourth-order valence-electron chi connectivity index (χ4n) is 3.44. The van der Waals surface area contributed by atoms with Crippen LogP contribution < -0.4 is 10.1 Å². The molecule has 31 heavy (non-hydrogen) atoms. The molecule has 0 aliphatic carbocycles. The first-order chi connectivity index (χ1) is 14.9. The van der Waals surface area contributed by atoms with Crippen LogP contribution in [0.3, 0.4) is 0 Å². The lowest BCUT2D eigenvalue weighted by Gasteiger charge is -2.26. The number of amides is 1. The van der Waals surface area contributed by atoms with Gasteiger partial charge < -0.3 is 14.8 Å². The molecule has 1 saturated heterocycles. The molecule has 0 saturated carbocycles. The third-order valence-corrected chi connectivity index (χ3v) is 7.12. The summed E-state index contributed by atoms with van der Waals surface area (Å²) in [6.07, 6.45) is 1.73. The second kappa shape index (κ2) is 10.7. The highest BCUT2D eigenvalue weighted by Gasteiger charge is 2.26. The zero-order valence-corrected chi connectivity index (χ0v) is 18.9. The van der Waals surface area contributed by atoms with Crippen molar-refractivity contribution >= 4 is 15.9 Å². The van der Waals surface area contributed by atoms with Gasteiger partial charge in [0.25, 0.3) is 5.91 Å². The topological polar surface area (TPSA) is 84.9 Å². The molecule has 7 nitrogen and oxygen atoms in total. The van der Waals surface area contributed by atoms with Gasteiger partial charge in [-0.05, 0) is 56.0 Å². The summed E-state index contributed by atoms with van der Waals surface area (Å²) >= 11 is 0. The highest BCUT2D eigenvalue weighted by Crippen LogP contribution is 2.24. The van der Waals surface area contributed by atoms with Gasteiger partial charge in [-0.1, -0.05) is 30.3 Å². The van der Waals surface area contributed by atoms with Crippen LogP contribution in [-0.4, -0.2) is 57.6 Å². The summed E-state index contributed by atoms with van der Waals surface area (Å²) in [5, 5.41) is 2.94. The van der Waals surface area contributed by atoms with Crippen LogP contribution in [0.4, 0.5) is 0 Å². The summed E-state index contributed by atoms with van der Waals surface area (Å²) in [6.45, 7) is 5.12. The van der Waals surface area contributed by atoms with Crippen molar-refractivity contribution in [2.45, 2.75) is 37.6 Å². The fraction of sp³-hybridized carbons (Fsp3) is 0.435. The van der Waals surface area contributed by atoms with Crippen molar-refractivity contribution in [1.82, 2.24) is 9.62 Å². The van der Waals surface area contributed by atoms with E-state index in [1.165, 1.54) is 15.9 Å². The molecular weight excluding hydrogens is 416 g/mol. The van der Waals surface area contributed by atoms with Crippen molar-refractivity contribution in [2.75, 3.05) is 32.9 Å². The van der Waals surface area contributed by atoms with E-state index in [0.717, 1.165) is 12.8 Å². The van der Waals surface area contributed by atoms with Crippen LogP contribution in [0, 0.1) is 6.92 Å². The highest BCUT2D eigenvalue weighted by atomic mass is 32.2. The molecule has 8 heteroatoms. The van der Waals surface area contributed by atoms with Gasteiger partial charge in [-0.3, -0.25) is 4.79 Å². The molecule has 0 radical (unpaired) electrons. The van der Waals surface area contributed by atoms with Gasteiger partial charge in [0, 0.05) is 19.1 Å². The number of morpholine rings is 1. The molecule has 2 aromatic rings. The van der Waals surface area contributed by atoms with Crippen molar-refractivity contribution in [3.8, 4) is 5.75 Å². The summed E-state index contributed by atoms with van der Waals surface area (Å²) < 4.78 is 37.8. The van der Waals surface area contributed by atoms with Gasteiger partial charge >= 0.3 is 0 Å². The molecular formula is C23H30N2O5S. The van der Waals surface area contributed by atoms with Crippen molar-refractivity contribution in [3.05, 3.63) is 59.7 Å². The average molecular weight is 447 g/mol. The number of sulfonamides is 1. The number of aryl methyl sites for hydroxylation is 2. The summed E-state index contributed by atoms with van der Waals surface area (Å²) in [5.74, 6) is 0.290. The number of hydrogen-bond acceptors (Lipinski definition) is 5. The predicted molar refractivity (Wildman–Crippen MR) is 119 cm³/mol. The van der Waals surface area contributed by atoms with Crippen LogP contribution in [0.5, 0.6) is 5.75 Å². The van der Waals surface area contributed by atoms with Gasteiger partial charge in [0.1, 0.15) is 5.75 Å². The Bertz CT molecular complexity index is 973. The zero-order valence-electron chi connectivity index (χ0n) is 18.0. The number of rotatable bonds is 9. The molecule has 2 aromatic carbocycles. The fourth-order valence-corrected chi connectivity index (χ4v) is 4.93. The largest absolute Gasteiger partial charge is 0.484 e. The lowest BCUT2D eigenvalue weighted by molar-refractivity contribution is -0.123. The number of benzene rings is 2. The Hall–Kier alpha value is -2.42. The number of nitrogens with zero attached hydrogens (tertiary/aromatic N) is 1. The van der Waals surface area contributed by atoms with Crippen LogP contribution in [0.1, 0.15) is 24.5 Å². The lowest BCUT2D eigenvalue weighted by atomic mass is 10.1. The Labute approximate surface area is 184 Å². The van der Waals surface area contributed by atoms with E-state index in [4.69, 9.17) is 9.47 Å². The van der Waals surface area contributed by atoms with Crippen LogP contribution in [0.15, 0.2) is 53.4 Å². The Balaban J connectivity index is 1.50. The minimum Gasteiger partial charge on any atom is -0.484 e. The van der Waals surface area contributed by atoms with Crippen LogP contribution in [0.2, 0.25) is 0 Å². The predicted octanol–water partition coefficient (Wildman–Crippen LogP) is 2.53. The third kappa shape index (κ3) is 6.53. The molecule has 1 fully saturated rings. The molecule has 168 valence electrons. The minimum absolute atomic E-state index is 0.0263. The van der Waals surface area contributed by atoms with E-state index in [1.807, 2.05) is 25.1 Å². The van der Waals surface area contributed by atoms with Crippen molar-refractivity contribution < 1.29 is 22.7 Å². The minimum atomic E-state index is -3.56. The summed E-state index contributed by atoms with van der Waals surface area (Å²) in [7, 11) is -3.56. The van der Waals surface area contributed by atoms with Gasteiger partial charge in [-0.15, -0.1) is 0 Å².